The van der Waals surface area contributed by atoms with Crippen LogP contribution in [-0.2, 0) is 22.5 Å². The molecular weight excluding hydrogens is 362 g/mol. The van der Waals surface area contributed by atoms with Crippen molar-refractivity contribution in [2.75, 3.05) is 33.9 Å². The van der Waals surface area contributed by atoms with Gasteiger partial charge in [0.05, 0.1) is 6.61 Å². The van der Waals surface area contributed by atoms with Gasteiger partial charge in [-0.3, -0.25) is 9.69 Å². The van der Waals surface area contributed by atoms with Gasteiger partial charge in [0.1, 0.15) is 0 Å². The minimum atomic E-state index is -0.0999. The number of methoxy groups -OCH3 is 1. The zero-order chi connectivity index (χ0) is 20.5. The van der Waals surface area contributed by atoms with E-state index < -0.39 is 0 Å². The molecule has 3 aromatic rings. The molecule has 1 amide bonds. The standard InChI is InChI=1S/C24H29N3O2/c1-25-24(28)12-11-19-7-9-20(10-8-19)18-27(15-16-29-2)14-13-21-17-26-23-6-4-3-5-22(21)23/h3-12,17,26H,13-16,18H2,1-2H3,(H,25,28)/b12-11+. The number of rotatable bonds is 10. The first-order valence-electron chi connectivity index (χ1n) is 9.94. The highest BCUT2D eigenvalue weighted by atomic mass is 16.5. The number of likely N-dealkylation sites (N-methyl/N-ethyl adjacent to an activating group) is 1. The summed E-state index contributed by atoms with van der Waals surface area (Å²) in [6.45, 7) is 3.42. The first-order valence-corrected chi connectivity index (χ1v) is 9.94. The lowest BCUT2D eigenvalue weighted by atomic mass is 10.1. The molecule has 0 bridgehead atoms. The van der Waals surface area contributed by atoms with Gasteiger partial charge in [0.15, 0.2) is 0 Å². The third-order valence-electron chi connectivity index (χ3n) is 5.04. The van der Waals surface area contributed by atoms with Gasteiger partial charge in [-0.25, -0.2) is 0 Å². The summed E-state index contributed by atoms with van der Waals surface area (Å²) in [6.07, 6.45) is 6.47. The predicted molar refractivity (Wildman–Crippen MR) is 119 cm³/mol. The number of aromatic amines is 1. The second-order valence-corrected chi connectivity index (χ2v) is 7.07. The van der Waals surface area contributed by atoms with Gasteiger partial charge in [-0.15, -0.1) is 0 Å². The highest BCUT2D eigenvalue weighted by Gasteiger charge is 2.09. The third-order valence-corrected chi connectivity index (χ3v) is 5.04. The van der Waals surface area contributed by atoms with Crippen LogP contribution in [0.15, 0.2) is 60.8 Å². The number of hydrogen-bond donors (Lipinski definition) is 2. The first-order chi connectivity index (χ1) is 14.2. The molecule has 2 aromatic carbocycles. The van der Waals surface area contributed by atoms with Crippen molar-refractivity contribution in [3.63, 3.8) is 0 Å². The molecule has 0 radical (unpaired) electrons. The Morgan fingerprint density at radius 1 is 1.14 bits per heavy atom. The van der Waals surface area contributed by atoms with Crippen LogP contribution in [0.1, 0.15) is 16.7 Å². The molecule has 5 nitrogen and oxygen atoms in total. The van der Waals surface area contributed by atoms with Crippen molar-refractivity contribution in [1.29, 1.82) is 0 Å². The number of nitrogens with one attached hydrogen (secondary N) is 2. The molecule has 152 valence electrons. The van der Waals surface area contributed by atoms with Crippen LogP contribution >= 0.6 is 0 Å². The number of para-hydroxylation sites is 1. The number of benzene rings is 2. The fraction of sp³-hybridized carbons (Fsp3) is 0.292. The summed E-state index contributed by atoms with van der Waals surface area (Å²) in [5, 5.41) is 3.88. The van der Waals surface area contributed by atoms with Crippen LogP contribution in [0.4, 0.5) is 0 Å². The van der Waals surface area contributed by atoms with Crippen LogP contribution in [0.25, 0.3) is 17.0 Å². The molecule has 5 heteroatoms. The van der Waals surface area contributed by atoms with Gasteiger partial charge in [-0.05, 0) is 35.3 Å². The summed E-state index contributed by atoms with van der Waals surface area (Å²) in [4.78, 5) is 17.1. The van der Waals surface area contributed by atoms with Crippen LogP contribution in [-0.4, -0.2) is 49.6 Å². The second kappa shape index (κ2) is 10.6. The minimum Gasteiger partial charge on any atom is -0.383 e. The maximum Gasteiger partial charge on any atom is 0.243 e. The van der Waals surface area contributed by atoms with E-state index in [1.807, 2.05) is 18.2 Å². The van der Waals surface area contributed by atoms with E-state index in [1.54, 1.807) is 20.2 Å². The van der Waals surface area contributed by atoms with Crippen molar-refractivity contribution in [3.8, 4) is 0 Å². The lowest BCUT2D eigenvalue weighted by molar-refractivity contribution is -0.115. The SMILES string of the molecule is CNC(=O)/C=C/c1ccc(CN(CCOC)CCc2c[nH]c3ccccc23)cc1. The van der Waals surface area contributed by atoms with Gasteiger partial charge in [0.25, 0.3) is 0 Å². The van der Waals surface area contributed by atoms with Gasteiger partial charge < -0.3 is 15.0 Å². The molecule has 0 aliphatic rings. The van der Waals surface area contributed by atoms with Crippen molar-refractivity contribution >= 4 is 22.9 Å². The van der Waals surface area contributed by atoms with Crippen molar-refractivity contribution in [3.05, 3.63) is 77.5 Å². The smallest absolute Gasteiger partial charge is 0.243 e. The highest BCUT2D eigenvalue weighted by molar-refractivity contribution is 5.91. The van der Waals surface area contributed by atoms with Crippen LogP contribution in [0.5, 0.6) is 0 Å². The van der Waals surface area contributed by atoms with E-state index in [9.17, 15) is 4.79 Å². The number of nitrogens with zero attached hydrogens (tertiary/aromatic N) is 1. The van der Waals surface area contributed by atoms with E-state index in [-0.39, 0.29) is 5.91 Å². The van der Waals surface area contributed by atoms with E-state index in [0.717, 1.165) is 31.6 Å². The number of carbonyl (C=O) groups is 1. The Balaban J connectivity index is 1.62. The van der Waals surface area contributed by atoms with E-state index in [0.29, 0.717) is 6.61 Å². The third kappa shape index (κ3) is 6.04. The van der Waals surface area contributed by atoms with E-state index in [2.05, 4.69) is 57.8 Å². The van der Waals surface area contributed by atoms with Crippen LogP contribution in [0.2, 0.25) is 0 Å². The highest BCUT2D eigenvalue weighted by Crippen LogP contribution is 2.19. The number of H-pyrrole nitrogens is 1. The molecule has 0 fully saturated rings. The molecule has 0 atom stereocenters. The number of aromatic nitrogens is 1. The van der Waals surface area contributed by atoms with Crippen molar-refractivity contribution in [1.82, 2.24) is 15.2 Å². The molecular formula is C24H29N3O2. The average Bonchev–Trinajstić information content (AvgIpc) is 3.18. The average molecular weight is 392 g/mol. The fourth-order valence-electron chi connectivity index (χ4n) is 3.35. The summed E-state index contributed by atoms with van der Waals surface area (Å²) in [7, 11) is 3.37. The van der Waals surface area contributed by atoms with E-state index in [4.69, 9.17) is 4.74 Å². The Morgan fingerprint density at radius 3 is 2.69 bits per heavy atom. The number of carbonyl (C=O) groups excluding carboxylic acids is 1. The Morgan fingerprint density at radius 2 is 1.93 bits per heavy atom. The molecule has 0 spiro atoms. The zero-order valence-corrected chi connectivity index (χ0v) is 17.2. The van der Waals surface area contributed by atoms with Gasteiger partial charge in [-0.2, -0.15) is 0 Å². The molecule has 1 heterocycles. The fourth-order valence-corrected chi connectivity index (χ4v) is 3.35. The summed E-state index contributed by atoms with van der Waals surface area (Å²) < 4.78 is 5.31. The Bertz CT molecular complexity index is 944. The summed E-state index contributed by atoms with van der Waals surface area (Å²) in [6, 6.07) is 16.8. The van der Waals surface area contributed by atoms with Crippen LogP contribution in [0.3, 0.4) is 0 Å². The van der Waals surface area contributed by atoms with Crippen LogP contribution in [0, 0.1) is 0 Å². The maximum absolute atomic E-state index is 11.3. The number of ether oxygens (including phenoxy) is 1. The molecule has 0 unspecified atom stereocenters. The molecule has 0 aliphatic carbocycles. The molecule has 2 N–H and O–H groups in total. The zero-order valence-electron chi connectivity index (χ0n) is 17.2. The lowest BCUT2D eigenvalue weighted by Gasteiger charge is -2.22. The summed E-state index contributed by atoms with van der Waals surface area (Å²) in [5.74, 6) is -0.0999. The largest absolute Gasteiger partial charge is 0.383 e. The molecule has 29 heavy (non-hydrogen) atoms. The maximum atomic E-state index is 11.3. The minimum absolute atomic E-state index is 0.0999. The normalized spacial score (nSPS) is 11.6. The Labute approximate surface area is 172 Å². The number of amides is 1. The molecule has 0 saturated heterocycles. The number of hydrogen-bond acceptors (Lipinski definition) is 3. The summed E-state index contributed by atoms with van der Waals surface area (Å²) in [5.41, 5.74) is 4.79. The van der Waals surface area contributed by atoms with Crippen molar-refractivity contribution in [2.45, 2.75) is 13.0 Å². The van der Waals surface area contributed by atoms with Gasteiger partial charge in [-0.1, -0.05) is 42.5 Å². The molecule has 1 aromatic heterocycles. The Hall–Kier alpha value is -2.89. The molecule has 0 aliphatic heterocycles. The second-order valence-electron chi connectivity index (χ2n) is 7.07. The van der Waals surface area contributed by atoms with Gasteiger partial charge in [0, 0.05) is 57.0 Å². The topological polar surface area (TPSA) is 57.4 Å². The molecule has 3 rings (SSSR count). The quantitative estimate of drug-likeness (QED) is 0.519. The predicted octanol–water partition coefficient (Wildman–Crippen LogP) is 3.62. The van der Waals surface area contributed by atoms with E-state index >= 15 is 0 Å². The van der Waals surface area contributed by atoms with Crippen molar-refractivity contribution < 1.29 is 9.53 Å². The van der Waals surface area contributed by atoms with Gasteiger partial charge >= 0.3 is 0 Å². The van der Waals surface area contributed by atoms with Crippen molar-refractivity contribution in [2.24, 2.45) is 0 Å². The van der Waals surface area contributed by atoms with E-state index in [1.165, 1.54) is 22.0 Å². The molecule has 0 saturated carbocycles. The van der Waals surface area contributed by atoms with Crippen LogP contribution < -0.4 is 5.32 Å². The summed E-state index contributed by atoms with van der Waals surface area (Å²) >= 11 is 0. The first kappa shape index (κ1) is 20.8. The number of fused-ring (bicyclic) bond motifs is 1. The monoisotopic (exact) mass is 391 g/mol. The Kier molecular flexibility index (Phi) is 7.61. The lowest BCUT2D eigenvalue weighted by Crippen LogP contribution is -2.29. The van der Waals surface area contributed by atoms with Gasteiger partial charge in [0.2, 0.25) is 5.91 Å².